The molecule has 0 spiro atoms. The first-order valence-electron chi connectivity index (χ1n) is 4.33. The van der Waals surface area contributed by atoms with Crippen LogP contribution in [0.4, 0.5) is 0 Å². The Bertz CT molecular complexity index is 76.5. The summed E-state index contributed by atoms with van der Waals surface area (Å²) in [5.41, 5.74) is 0. The van der Waals surface area contributed by atoms with Crippen molar-refractivity contribution in [2.75, 3.05) is 26.7 Å². The molecule has 0 aromatic heterocycles. The lowest BCUT2D eigenvalue weighted by atomic mass is 10.4. The van der Waals surface area contributed by atoms with Crippen molar-refractivity contribution >= 4 is 9.76 Å². The van der Waals surface area contributed by atoms with Crippen LogP contribution >= 0.6 is 0 Å². The summed E-state index contributed by atoms with van der Waals surface area (Å²) in [6, 6.07) is 1.22. The van der Waals surface area contributed by atoms with Gasteiger partial charge in [-0.05, 0) is 32.1 Å². The Morgan fingerprint density at radius 2 is 1.91 bits per heavy atom. The third-order valence-electron chi connectivity index (χ3n) is 1.79. The summed E-state index contributed by atoms with van der Waals surface area (Å²) in [6.07, 6.45) is 1.27. The third-order valence-corrected chi connectivity index (χ3v) is 2.64. The Morgan fingerprint density at radius 1 is 1.27 bits per heavy atom. The first-order chi connectivity index (χ1) is 5.35. The SMILES string of the molecule is CCN(CC)CCC[Si]OC. The van der Waals surface area contributed by atoms with Gasteiger partial charge in [0.05, 0.1) is 0 Å². The Hall–Kier alpha value is 0.137. The van der Waals surface area contributed by atoms with Gasteiger partial charge in [-0.15, -0.1) is 0 Å². The van der Waals surface area contributed by atoms with E-state index >= 15 is 0 Å². The zero-order chi connectivity index (χ0) is 8.53. The molecular formula is C8H19NOSi. The largest absolute Gasteiger partial charge is 0.421 e. The molecule has 2 radical (unpaired) electrons. The van der Waals surface area contributed by atoms with Crippen LogP contribution in [0, 0.1) is 0 Å². The molecule has 0 unspecified atom stereocenters. The van der Waals surface area contributed by atoms with Gasteiger partial charge in [0.2, 0.25) is 9.76 Å². The van der Waals surface area contributed by atoms with E-state index in [9.17, 15) is 0 Å². The van der Waals surface area contributed by atoms with Crippen LogP contribution in [0.5, 0.6) is 0 Å². The van der Waals surface area contributed by atoms with Crippen molar-refractivity contribution in [3.63, 3.8) is 0 Å². The molecule has 0 fully saturated rings. The molecule has 0 aliphatic rings. The maximum atomic E-state index is 5.00. The van der Waals surface area contributed by atoms with Crippen LogP contribution in [0.15, 0.2) is 0 Å². The standard InChI is InChI=1S/C8H19NOSi/c1-4-9(5-2)7-6-8-11-10-3/h4-8H2,1-3H3. The Balaban J connectivity index is 3.07. The average molecular weight is 173 g/mol. The molecule has 0 aliphatic carbocycles. The fraction of sp³-hybridized carbons (Fsp3) is 1.00. The molecule has 0 aliphatic heterocycles. The molecule has 0 N–H and O–H groups in total. The quantitative estimate of drug-likeness (QED) is 0.426. The van der Waals surface area contributed by atoms with E-state index in [1.165, 1.54) is 32.1 Å². The molecule has 0 heterocycles. The van der Waals surface area contributed by atoms with E-state index in [0.29, 0.717) is 9.76 Å². The molecule has 0 aromatic carbocycles. The van der Waals surface area contributed by atoms with Crippen LogP contribution in [0.1, 0.15) is 20.3 Å². The lowest BCUT2D eigenvalue weighted by Crippen LogP contribution is -2.24. The molecule has 0 saturated heterocycles. The van der Waals surface area contributed by atoms with Crippen molar-refractivity contribution in [3.8, 4) is 0 Å². The number of hydrogen-bond acceptors (Lipinski definition) is 2. The van der Waals surface area contributed by atoms with Crippen molar-refractivity contribution in [3.05, 3.63) is 0 Å². The summed E-state index contributed by atoms with van der Waals surface area (Å²) in [6.45, 7) is 7.99. The number of hydrogen-bond donors (Lipinski definition) is 0. The molecule has 11 heavy (non-hydrogen) atoms. The van der Waals surface area contributed by atoms with Crippen molar-refractivity contribution in [1.82, 2.24) is 4.90 Å². The van der Waals surface area contributed by atoms with E-state index < -0.39 is 0 Å². The first-order valence-corrected chi connectivity index (χ1v) is 5.44. The van der Waals surface area contributed by atoms with Crippen molar-refractivity contribution in [2.45, 2.75) is 26.3 Å². The van der Waals surface area contributed by atoms with Gasteiger partial charge in [-0.3, -0.25) is 0 Å². The second-order valence-corrected chi connectivity index (χ2v) is 3.68. The molecule has 0 atom stereocenters. The van der Waals surface area contributed by atoms with Gasteiger partial charge in [-0.25, -0.2) is 0 Å². The maximum Gasteiger partial charge on any atom is 0.229 e. The number of rotatable bonds is 7. The van der Waals surface area contributed by atoms with Crippen LogP contribution in [0.25, 0.3) is 0 Å². The van der Waals surface area contributed by atoms with Crippen LogP contribution < -0.4 is 0 Å². The molecule has 0 bridgehead atoms. The predicted octanol–water partition coefficient (Wildman–Crippen LogP) is 1.40. The number of nitrogens with zero attached hydrogens (tertiary/aromatic N) is 1. The molecular weight excluding hydrogens is 154 g/mol. The summed E-state index contributed by atoms with van der Waals surface area (Å²) in [7, 11) is 2.46. The third kappa shape index (κ3) is 6.53. The minimum absolute atomic E-state index is 0.691. The summed E-state index contributed by atoms with van der Waals surface area (Å²) in [4.78, 5) is 2.44. The monoisotopic (exact) mass is 173 g/mol. The summed E-state index contributed by atoms with van der Waals surface area (Å²) < 4.78 is 5.00. The molecule has 3 heteroatoms. The zero-order valence-corrected chi connectivity index (χ0v) is 8.89. The second-order valence-electron chi connectivity index (χ2n) is 2.48. The van der Waals surface area contributed by atoms with E-state index in [1.54, 1.807) is 7.11 Å². The summed E-state index contributed by atoms with van der Waals surface area (Å²) in [5, 5.41) is 0. The molecule has 2 nitrogen and oxygen atoms in total. The fourth-order valence-electron chi connectivity index (χ4n) is 1.02. The minimum atomic E-state index is 0.691. The van der Waals surface area contributed by atoms with Gasteiger partial charge in [-0.2, -0.15) is 0 Å². The lowest BCUT2D eigenvalue weighted by Gasteiger charge is -2.16. The molecule has 0 amide bonds. The van der Waals surface area contributed by atoms with E-state index in [1.807, 2.05) is 0 Å². The smallest absolute Gasteiger partial charge is 0.229 e. The van der Waals surface area contributed by atoms with E-state index in [0.717, 1.165) is 0 Å². The fourth-order valence-corrected chi connectivity index (χ4v) is 1.52. The van der Waals surface area contributed by atoms with Gasteiger partial charge in [0, 0.05) is 7.11 Å². The van der Waals surface area contributed by atoms with Gasteiger partial charge >= 0.3 is 0 Å². The van der Waals surface area contributed by atoms with Gasteiger partial charge in [-0.1, -0.05) is 13.8 Å². The van der Waals surface area contributed by atoms with Crippen LogP contribution in [0.2, 0.25) is 6.04 Å². The highest BCUT2D eigenvalue weighted by atomic mass is 28.2. The van der Waals surface area contributed by atoms with Crippen molar-refractivity contribution in [2.24, 2.45) is 0 Å². The van der Waals surface area contributed by atoms with Crippen LogP contribution in [0.3, 0.4) is 0 Å². The predicted molar refractivity (Wildman–Crippen MR) is 50.0 cm³/mol. The highest BCUT2D eigenvalue weighted by Gasteiger charge is 1.97. The molecule has 66 valence electrons. The van der Waals surface area contributed by atoms with Gasteiger partial charge in [0.15, 0.2) is 0 Å². The first kappa shape index (κ1) is 11.1. The summed E-state index contributed by atoms with van der Waals surface area (Å²) >= 11 is 0. The van der Waals surface area contributed by atoms with E-state index in [4.69, 9.17) is 4.43 Å². The zero-order valence-electron chi connectivity index (χ0n) is 7.89. The van der Waals surface area contributed by atoms with Gasteiger partial charge < -0.3 is 9.33 Å². The van der Waals surface area contributed by atoms with E-state index in [2.05, 4.69) is 18.7 Å². The average Bonchev–Trinajstić information content (AvgIpc) is 2.05. The highest BCUT2D eigenvalue weighted by Crippen LogP contribution is 1.94. The lowest BCUT2D eigenvalue weighted by molar-refractivity contribution is 0.303. The van der Waals surface area contributed by atoms with Gasteiger partial charge in [0.25, 0.3) is 0 Å². The van der Waals surface area contributed by atoms with Crippen LogP contribution in [-0.4, -0.2) is 41.4 Å². The molecule has 0 aromatic rings. The normalized spacial score (nSPS) is 10.9. The topological polar surface area (TPSA) is 12.5 Å². The van der Waals surface area contributed by atoms with E-state index in [-0.39, 0.29) is 0 Å². The van der Waals surface area contributed by atoms with Crippen LogP contribution in [-0.2, 0) is 4.43 Å². The summed E-state index contributed by atoms with van der Waals surface area (Å²) in [5.74, 6) is 0. The van der Waals surface area contributed by atoms with Crippen molar-refractivity contribution in [1.29, 1.82) is 0 Å². The molecule has 0 saturated carbocycles. The second kappa shape index (κ2) is 8.24. The Labute approximate surface area is 72.9 Å². The highest BCUT2D eigenvalue weighted by molar-refractivity contribution is 6.26. The maximum absolute atomic E-state index is 5.00. The minimum Gasteiger partial charge on any atom is -0.421 e. The molecule has 0 rings (SSSR count). The van der Waals surface area contributed by atoms with Crippen molar-refractivity contribution < 1.29 is 4.43 Å². The van der Waals surface area contributed by atoms with Gasteiger partial charge in [0.1, 0.15) is 0 Å². The Kier molecular flexibility index (Phi) is 8.34. The Morgan fingerprint density at radius 3 is 2.36 bits per heavy atom.